The van der Waals surface area contributed by atoms with Gasteiger partial charge in [-0.2, -0.15) is 5.10 Å². The molecule has 1 atom stereocenters. The van der Waals surface area contributed by atoms with Gasteiger partial charge >= 0.3 is 0 Å². The molecule has 0 aliphatic heterocycles. The van der Waals surface area contributed by atoms with Crippen LogP contribution in [0.5, 0.6) is 0 Å². The molecule has 1 aromatic heterocycles. The molecule has 1 aromatic carbocycles. The number of aryl methyl sites for hydroxylation is 1. The monoisotopic (exact) mass is 413 g/mol. The standard InChI is InChI=1S/C16H21Br2N3/c1-4-9-21-16(14(18)10-20-21)15(19-5-2)12-7-6-8-13(17)11(12)3/h6-8,10,15,19H,4-5,9H2,1-3H3. The molecule has 2 aromatic rings. The van der Waals surface area contributed by atoms with E-state index in [1.54, 1.807) is 0 Å². The van der Waals surface area contributed by atoms with Gasteiger partial charge in [-0.3, -0.25) is 4.68 Å². The topological polar surface area (TPSA) is 29.9 Å². The van der Waals surface area contributed by atoms with E-state index in [-0.39, 0.29) is 6.04 Å². The molecule has 1 N–H and O–H groups in total. The molecule has 21 heavy (non-hydrogen) atoms. The van der Waals surface area contributed by atoms with E-state index in [4.69, 9.17) is 0 Å². The highest BCUT2D eigenvalue weighted by atomic mass is 79.9. The Labute approximate surface area is 143 Å². The van der Waals surface area contributed by atoms with E-state index in [0.717, 1.165) is 28.5 Å². The van der Waals surface area contributed by atoms with Gasteiger partial charge in [0.15, 0.2) is 0 Å². The maximum absolute atomic E-state index is 4.50. The maximum atomic E-state index is 4.50. The molecular weight excluding hydrogens is 394 g/mol. The molecule has 114 valence electrons. The first-order valence-corrected chi connectivity index (χ1v) is 8.88. The molecule has 0 bridgehead atoms. The molecule has 0 spiro atoms. The summed E-state index contributed by atoms with van der Waals surface area (Å²) in [7, 11) is 0. The van der Waals surface area contributed by atoms with Crippen LogP contribution in [0.25, 0.3) is 0 Å². The first-order valence-electron chi connectivity index (χ1n) is 7.29. The average Bonchev–Trinajstić information content (AvgIpc) is 2.81. The second kappa shape index (κ2) is 7.56. The minimum Gasteiger partial charge on any atom is -0.305 e. The molecule has 0 saturated carbocycles. The molecule has 0 radical (unpaired) electrons. The van der Waals surface area contributed by atoms with E-state index >= 15 is 0 Å². The molecule has 0 aliphatic rings. The molecular formula is C16H21Br2N3. The van der Waals surface area contributed by atoms with E-state index in [2.05, 4.69) is 85.9 Å². The van der Waals surface area contributed by atoms with Crippen molar-refractivity contribution in [3.63, 3.8) is 0 Å². The molecule has 0 aliphatic carbocycles. The number of rotatable bonds is 6. The van der Waals surface area contributed by atoms with Gasteiger partial charge < -0.3 is 5.32 Å². The fourth-order valence-electron chi connectivity index (χ4n) is 2.54. The van der Waals surface area contributed by atoms with Crippen molar-refractivity contribution in [2.45, 2.75) is 39.8 Å². The lowest BCUT2D eigenvalue weighted by Gasteiger charge is -2.23. The Morgan fingerprint density at radius 2 is 2.00 bits per heavy atom. The van der Waals surface area contributed by atoms with Gasteiger partial charge in [0.1, 0.15) is 0 Å². The average molecular weight is 415 g/mol. The van der Waals surface area contributed by atoms with E-state index in [9.17, 15) is 0 Å². The SMILES string of the molecule is CCCn1ncc(Br)c1C(NCC)c1cccc(Br)c1C. The van der Waals surface area contributed by atoms with Gasteiger partial charge in [0.2, 0.25) is 0 Å². The second-order valence-corrected chi connectivity index (χ2v) is 6.75. The summed E-state index contributed by atoms with van der Waals surface area (Å²) >= 11 is 7.30. The third-order valence-corrected chi connectivity index (χ3v) is 5.04. The van der Waals surface area contributed by atoms with Crippen LogP contribution in [0.3, 0.4) is 0 Å². The molecule has 0 saturated heterocycles. The maximum Gasteiger partial charge on any atom is 0.0762 e. The highest BCUT2D eigenvalue weighted by Crippen LogP contribution is 2.32. The van der Waals surface area contributed by atoms with Crippen LogP contribution in [-0.2, 0) is 6.54 Å². The zero-order valence-corrected chi connectivity index (χ0v) is 15.8. The van der Waals surface area contributed by atoms with Crippen molar-refractivity contribution in [1.29, 1.82) is 0 Å². The van der Waals surface area contributed by atoms with Crippen LogP contribution in [0, 0.1) is 6.92 Å². The first-order chi connectivity index (χ1) is 10.1. The number of hydrogen-bond acceptors (Lipinski definition) is 2. The summed E-state index contributed by atoms with van der Waals surface area (Å²) < 4.78 is 4.29. The summed E-state index contributed by atoms with van der Waals surface area (Å²) in [6.07, 6.45) is 2.96. The Hall–Kier alpha value is -0.650. The molecule has 1 heterocycles. The van der Waals surface area contributed by atoms with Crippen molar-refractivity contribution in [3.05, 3.63) is 50.2 Å². The molecule has 0 amide bonds. The van der Waals surface area contributed by atoms with Crippen molar-refractivity contribution in [2.75, 3.05) is 6.54 Å². The number of benzene rings is 1. The summed E-state index contributed by atoms with van der Waals surface area (Å²) in [4.78, 5) is 0. The largest absolute Gasteiger partial charge is 0.305 e. The fraction of sp³-hybridized carbons (Fsp3) is 0.438. The molecule has 0 fully saturated rings. The molecule has 2 rings (SSSR count). The summed E-state index contributed by atoms with van der Waals surface area (Å²) in [5, 5.41) is 8.10. The Morgan fingerprint density at radius 3 is 2.67 bits per heavy atom. The second-order valence-electron chi connectivity index (χ2n) is 5.05. The van der Waals surface area contributed by atoms with Crippen LogP contribution >= 0.6 is 31.9 Å². The fourth-order valence-corrected chi connectivity index (χ4v) is 3.45. The first kappa shape index (κ1) is 16.7. The van der Waals surface area contributed by atoms with Gasteiger partial charge in [0, 0.05) is 11.0 Å². The highest BCUT2D eigenvalue weighted by Gasteiger charge is 2.23. The van der Waals surface area contributed by atoms with Crippen molar-refractivity contribution in [3.8, 4) is 0 Å². The summed E-state index contributed by atoms with van der Waals surface area (Å²) in [5.41, 5.74) is 3.74. The number of nitrogens with one attached hydrogen (secondary N) is 1. The number of nitrogens with zero attached hydrogens (tertiary/aromatic N) is 2. The van der Waals surface area contributed by atoms with Crippen molar-refractivity contribution >= 4 is 31.9 Å². The van der Waals surface area contributed by atoms with Gasteiger partial charge in [-0.05, 0) is 53.0 Å². The molecule has 1 unspecified atom stereocenters. The minimum absolute atomic E-state index is 0.135. The summed E-state index contributed by atoms with van der Waals surface area (Å²) in [6, 6.07) is 6.49. The van der Waals surface area contributed by atoms with Gasteiger partial charge in [0.05, 0.1) is 22.4 Å². The summed E-state index contributed by atoms with van der Waals surface area (Å²) in [6.45, 7) is 8.29. The van der Waals surface area contributed by atoms with Gasteiger partial charge in [-0.15, -0.1) is 0 Å². The van der Waals surface area contributed by atoms with Crippen LogP contribution < -0.4 is 5.32 Å². The van der Waals surface area contributed by atoms with Crippen molar-refractivity contribution in [1.82, 2.24) is 15.1 Å². The van der Waals surface area contributed by atoms with Crippen LogP contribution in [0.15, 0.2) is 33.3 Å². The van der Waals surface area contributed by atoms with Crippen molar-refractivity contribution in [2.24, 2.45) is 0 Å². The van der Waals surface area contributed by atoms with Crippen LogP contribution in [0.2, 0.25) is 0 Å². The van der Waals surface area contributed by atoms with Gasteiger partial charge in [0.25, 0.3) is 0 Å². The molecule has 3 nitrogen and oxygen atoms in total. The zero-order chi connectivity index (χ0) is 15.4. The Kier molecular flexibility index (Phi) is 6.02. The number of hydrogen-bond donors (Lipinski definition) is 1. The Balaban J connectivity index is 2.53. The van der Waals surface area contributed by atoms with Crippen LogP contribution in [0.1, 0.15) is 43.1 Å². The van der Waals surface area contributed by atoms with Crippen molar-refractivity contribution < 1.29 is 0 Å². The lowest BCUT2D eigenvalue weighted by atomic mass is 9.98. The lowest BCUT2D eigenvalue weighted by molar-refractivity contribution is 0.518. The Bertz CT molecular complexity index is 608. The summed E-state index contributed by atoms with van der Waals surface area (Å²) in [5.74, 6) is 0. The van der Waals surface area contributed by atoms with Crippen LogP contribution in [-0.4, -0.2) is 16.3 Å². The third-order valence-electron chi connectivity index (χ3n) is 3.57. The Morgan fingerprint density at radius 1 is 1.24 bits per heavy atom. The molecule has 5 heteroatoms. The van der Waals surface area contributed by atoms with Gasteiger partial charge in [-0.25, -0.2) is 0 Å². The minimum atomic E-state index is 0.135. The quantitative estimate of drug-likeness (QED) is 0.733. The van der Waals surface area contributed by atoms with E-state index in [0.29, 0.717) is 0 Å². The smallest absolute Gasteiger partial charge is 0.0762 e. The highest BCUT2D eigenvalue weighted by molar-refractivity contribution is 9.10. The van der Waals surface area contributed by atoms with E-state index < -0.39 is 0 Å². The number of aromatic nitrogens is 2. The predicted octanol–water partition coefficient (Wildman–Crippen LogP) is 4.83. The predicted molar refractivity (Wildman–Crippen MR) is 94.6 cm³/mol. The van der Waals surface area contributed by atoms with E-state index in [1.165, 1.54) is 16.8 Å². The number of halogens is 2. The lowest BCUT2D eigenvalue weighted by Crippen LogP contribution is -2.26. The van der Waals surface area contributed by atoms with Crippen LogP contribution in [0.4, 0.5) is 0 Å². The third kappa shape index (κ3) is 3.58. The van der Waals surface area contributed by atoms with E-state index in [1.807, 2.05) is 6.20 Å². The normalized spacial score (nSPS) is 12.6. The van der Waals surface area contributed by atoms with Gasteiger partial charge in [-0.1, -0.05) is 41.9 Å². The zero-order valence-electron chi connectivity index (χ0n) is 12.7.